The number of rotatable bonds is 1. The third-order valence-corrected chi connectivity index (χ3v) is 4.00. The number of fused-ring (bicyclic) bond motifs is 1. The highest BCUT2D eigenvalue weighted by Gasteiger charge is 2.41. The van der Waals surface area contributed by atoms with Crippen LogP contribution in [0.4, 0.5) is 13.2 Å². The van der Waals surface area contributed by atoms with Gasteiger partial charge in [0.25, 0.3) is 0 Å². The summed E-state index contributed by atoms with van der Waals surface area (Å²) >= 11 is 0. The van der Waals surface area contributed by atoms with E-state index < -0.39 is 17.3 Å². The maximum atomic E-state index is 13.7. The van der Waals surface area contributed by atoms with E-state index in [4.69, 9.17) is 4.74 Å². The number of hydrogen-bond acceptors (Lipinski definition) is 2. The highest BCUT2D eigenvalue weighted by atomic mass is 19.4. The number of methoxy groups -OCH3 is 1. The topological polar surface area (TPSA) is 22.1 Å². The third-order valence-electron chi connectivity index (χ3n) is 4.00. The smallest absolute Gasteiger partial charge is 0.433 e. The third kappa shape index (κ3) is 3.21. The number of benzene rings is 1. The number of para-hydroxylation sites is 1. The molecule has 5 heteroatoms. The maximum Gasteiger partial charge on any atom is 0.433 e. The quantitative estimate of drug-likeness (QED) is 0.649. The lowest BCUT2D eigenvalue weighted by Crippen LogP contribution is -2.23. The lowest BCUT2D eigenvalue weighted by atomic mass is 9.81. The van der Waals surface area contributed by atoms with E-state index in [9.17, 15) is 13.2 Å². The Bertz CT molecular complexity index is 765. The van der Waals surface area contributed by atoms with Crippen LogP contribution in [0.3, 0.4) is 0 Å². The largest absolute Gasteiger partial charge is 0.496 e. The van der Waals surface area contributed by atoms with E-state index in [-0.39, 0.29) is 16.7 Å². The van der Waals surface area contributed by atoms with E-state index in [1.54, 1.807) is 26.8 Å². The second-order valence-corrected chi connectivity index (χ2v) is 8.07. The van der Waals surface area contributed by atoms with Gasteiger partial charge < -0.3 is 4.74 Å². The normalized spacial score (nSPS) is 13.4. The van der Waals surface area contributed by atoms with E-state index >= 15 is 0 Å². The number of ether oxygens (including phenoxy) is 1. The summed E-state index contributed by atoms with van der Waals surface area (Å²) in [4.78, 5) is 4.08. The van der Waals surface area contributed by atoms with Gasteiger partial charge in [0.05, 0.1) is 12.6 Å². The summed E-state index contributed by atoms with van der Waals surface area (Å²) in [5, 5.41) is 0.614. The summed E-state index contributed by atoms with van der Waals surface area (Å²) in [7, 11) is 1.41. The van der Waals surface area contributed by atoms with E-state index in [1.807, 2.05) is 32.9 Å². The molecule has 0 unspecified atom stereocenters. The Morgan fingerprint density at radius 1 is 0.917 bits per heavy atom. The molecule has 0 atom stereocenters. The molecular formula is C19H24F3NO. The molecule has 0 fully saturated rings. The molecule has 2 rings (SSSR count). The highest BCUT2D eigenvalue weighted by molar-refractivity contribution is 5.90. The molecule has 0 bridgehead atoms. The van der Waals surface area contributed by atoms with Gasteiger partial charge in [0, 0.05) is 10.9 Å². The van der Waals surface area contributed by atoms with Gasteiger partial charge in [-0.25, -0.2) is 4.98 Å². The van der Waals surface area contributed by atoms with Crippen LogP contribution in [0.1, 0.15) is 58.4 Å². The summed E-state index contributed by atoms with van der Waals surface area (Å²) in [6.07, 6.45) is -4.55. The van der Waals surface area contributed by atoms with Crippen LogP contribution < -0.4 is 4.74 Å². The van der Waals surface area contributed by atoms with Crippen molar-refractivity contribution in [2.24, 2.45) is 0 Å². The number of halogens is 3. The molecule has 132 valence electrons. The second kappa shape index (κ2) is 5.64. The van der Waals surface area contributed by atoms with Crippen molar-refractivity contribution in [3.05, 3.63) is 35.0 Å². The Hall–Kier alpha value is -1.78. The van der Waals surface area contributed by atoms with Crippen LogP contribution in [0.25, 0.3) is 10.9 Å². The molecule has 2 nitrogen and oxygen atoms in total. The molecule has 1 aromatic heterocycles. The average Bonchev–Trinajstić information content (AvgIpc) is 2.41. The SMILES string of the molecule is COc1c(C(C)(C)C)c(C(F)(F)F)nc2c(C(C)(C)C)cccc12. The van der Waals surface area contributed by atoms with Crippen LogP contribution >= 0.6 is 0 Å². The lowest BCUT2D eigenvalue weighted by Gasteiger charge is -2.28. The summed E-state index contributed by atoms with van der Waals surface area (Å²) in [5.74, 6) is 0.255. The summed E-state index contributed by atoms with van der Waals surface area (Å²) in [5.41, 5.74) is -0.739. The van der Waals surface area contributed by atoms with Crippen LogP contribution in [0.15, 0.2) is 18.2 Å². The minimum absolute atomic E-state index is 0.0936. The maximum absolute atomic E-state index is 13.7. The van der Waals surface area contributed by atoms with Crippen LogP contribution in [0.2, 0.25) is 0 Å². The highest BCUT2D eigenvalue weighted by Crippen LogP contribution is 2.45. The Balaban J connectivity index is 3.08. The number of nitrogens with zero attached hydrogens (tertiary/aromatic N) is 1. The molecule has 0 aliphatic rings. The molecule has 0 N–H and O–H groups in total. The molecule has 0 aliphatic carbocycles. The number of aromatic nitrogens is 1. The van der Waals surface area contributed by atoms with Crippen molar-refractivity contribution in [1.82, 2.24) is 4.98 Å². The first kappa shape index (κ1) is 18.6. The first-order valence-corrected chi connectivity index (χ1v) is 7.87. The van der Waals surface area contributed by atoms with Gasteiger partial charge in [-0.15, -0.1) is 0 Å². The van der Waals surface area contributed by atoms with Gasteiger partial charge in [-0.05, 0) is 22.5 Å². The standard InChI is InChI=1S/C19H24F3NO/c1-17(2,3)12-10-8-9-11-14(12)23-16(19(20,21)22)13(15(11)24-7)18(4,5)6/h8-10H,1-7H3. The predicted molar refractivity (Wildman–Crippen MR) is 90.7 cm³/mol. The van der Waals surface area contributed by atoms with Gasteiger partial charge in [0.15, 0.2) is 5.69 Å². The zero-order chi connectivity index (χ0) is 18.5. The predicted octanol–water partition coefficient (Wildman–Crippen LogP) is 5.86. The summed E-state index contributed by atoms with van der Waals surface area (Å²) in [6, 6.07) is 5.43. The van der Waals surface area contributed by atoms with Gasteiger partial charge in [-0.3, -0.25) is 0 Å². The van der Waals surface area contributed by atoms with Crippen molar-refractivity contribution in [3.8, 4) is 5.75 Å². The van der Waals surface area contributed by atoms with Crippen molar-refractivity contribution in [3.63, 3.8) is 0 Å². The average molecular weight is 339 g/mol. The molecule has 0 saturated heterocycles. The molecule has 0 amide bonds. The molecule has 0 aliphatic heterocycles. The molecule has 0 spiro atoms. The first-order valence-electron chi connectivity index (χ1n) is 7.87. The van der Waals surface area contributed by atoms with E-state index in [0.717, 1.165) is 5.56 Å². The zero-order valence-corrected chi connectivity index (χ0v) is 15.2. The van der Waals surface area contributed by atoms with E-state index in [1.165, 1.54) is 7.11 Å². The fraction of sp³-hybridized carbons (Fsp3) is 0.526. The first-order chi connectivity index (χ1) is 10.8. The monoisotopic (exact) mass is 339 g/mol. The Labute approximate surface area is 141 Å². The minimum atomic E-state index is -4.55. The molecule has 1 aromatic carbocycles. The molecule has 2 aromatic rings. The zero-order valence-electron chi connectivity index (χ0n) is 15.2. The van der Waals surface area contributed by atoms with Crippen molar-refractivity contribution in [1.29, 1.82) is 0 Å². The van der Waals surface area contributed by atoms with Crippen molar-refractivity contribution in [2.45, 2.75) is 58.5 Å². The van der Waals surface area contributed by atoms with Crippen LogP contribution in [-0.4, -0.2) is 12.1 Å². The van der Waals surface area contributed by atoms with Gasteiger partial charge in [-0.1, -0.05) is 53.7 Å². The number of pyridine rings is 1. The number of alkyl halides is 3. The lowest BCUT2D eigenvalue weighted by molar-refractivity contribution is -0.142. The van der Waals surface area contributed by atoms with Gasteiger partial charge in [0.2, 0.25) is 0 Å². The van der Waals surface area contributed by atoms with Crippen LogP contribution in [-0.2, 0) is 17.0 Å². The van der Waals surface area contributed by atoms with Gasteiger partial charge >= 0.3 is 6.18 Å². The molecule has 0 radical (unpaired) electrons. The van der Waals surface area contributed by atoms with Crippen LogP contribution in [0, 0.1) is 0 Å². The Morgan fingerprint density at radius 3 is 1.92 bits per heavy atom. The minimum Gasteiger partial charge on any atom is -0.496 e. The number of hydrogen-bond donors (Lipinski definition) is 0. The molecule has 24 heavy (non-hydrogen) atoms. The van der Waals surface area contributed by atoms with Crippen molar-refractivity contribution < 1.29 is 17.9 Å². The van der Waals surface area contributed by atoms with Crippen LogP contribution in [0.5, 0.6) is 5.75 Å². The van der Waals surface area contributed by atoms with E-state index in [2.05, 4.69) is 4.98 Å². The summed E-state index contributed by atoms with van der Waals surface area (Å²) in [6.45, 7) is 11.1. The summed E-state index contributed by atoms with van der Waals surface area (Å²) < 4.78 is 46.6. The molecular weight excluding hydrogens is 315 g/mol. The fourth-order valence-electron chi connectivity index (χ4n) is 2.98. The van der Waals surface area contributed by atoms with Crippen molar-refractivity contribution >= 4 is 10.9 Å². The Kier molecular flexibility index (Phi) is 4.36. The van der Waals surface area contributed by atoms with Gasteiger partial charge in [0.1, 0.15) is 5.75 Å². The van der Waals surface area contributed by atoms with Crippen molar-refractivity contribution in [2.75, 3.05) is 7.11 Å². The van der Waals surface area contributed by atoms with E-state index in [0.29, 0.717) is 10.9 Å². The second-order valence-electron chi connectivity index (χ2n) is 8.07. The molecule has 1 heterocycles. The fourth-order valence-corrected chi connectivity index (χ4v) is 2.98. The van der Waals surface area contributed by atoms with Gasteiger partial charge in [-0.2, -0.15) is 13.2 Å². The molecule has 0 saturated carbocycles. The Morgan fingerprint density at radius 2 is 1.50 bits per heavy atom.